The van der Waals surface area contributed by atoms with Crippen molar-refractivity contribution in [2.75, 3.05) is 11.9 Å². The number of hydrogen-bond donors (Lipinski definition) is 1. The Morgan fingerprint density at radius 3 is 2.66 bits per heavy atom. The summed E-state index contributed by atoms with van der Waals surface area (Å²) in [6, 6.07) is 9.71. The minimum atomic E-state index is -0.436. The van der Waals surface area contributed by atoms with Gasteiger partial charge in [-0.3, -0.25) is 4.79 Å². The predicted molar refractivity (Wildman–Crippen MR) is 132 cm³/mol. The van der Waals surface area contributed by atoms with E-state index >= 15 is 0 Å². The van der Waals surface area contributed by atoms with Crippen LogP contribution in [0.5, 0.6) is 11.5 Å². The van der Waals surface area contributed by atoms with Crippen LogP contribution in [0.15, 0.2) is 54.8 Å². The van der Waals surface area contributed by atoms with E-state index in [1.807, 2.05) is 20.8 Å². The third-order valence-electron chi connectivity index (χ3n) is 6.37. The molecule has 4 aromatic rings. The van der Waals surface area contributed by atoms with Crippen LogP contribution in [-0.2, 0) is 11.2 Å². The maximum absolute atomic E-state index is 12.7. The van der Waals surface area contributed by atoms with Gasteiger partial charge in [-0.05, 0) is 70.4 Å². The zero-order valence-corrected chi connectivity index (χ0v) is 19.9. The number of rotatable bonds is 4. The van der Waals surface area contributed by atoms with Crippen LogP contribution in [0.25, 0.3) is 21.9 Å². The molecule has 35 heavy (non-hydrogen) atoms. The summed E-state index contributed by atoms with van der Waals surface area (Å²) in [6.45, 7) is 7.28. The van der Waals surface area contributed by atoms with Gasteiger partial charge in [0.05, 0.1) is 5.39 Å². The summed E-state index contributed by atoms with van der Waals surface area (Å²) in [5.74, 6) is 0.628. The van der Waals surface area contributed by atoms with Crippen LogP contribution in [0, 0.1) is 13.8 Å². The molecule has 0 spiro atoms. The van der Waals surface area contributed by atoms with Crippen molar-refractivity contribution in [3.63, 3.8) is 0 Å². The fourth-order valence-corrected chi connectivity index (χ4v) is 4.34. The second kappa shape index (κ2) is 8.30. The van der Waals surface area contributed by atoms with Crippen LogP contribution >= 0.6 is 0 Å². The third-order valence-corrected chi connectivity index (χ3v) is 6.37. The number of amides is 1. The molecule has 8 heteroatoms. The summed E-state index contributed by atoms with van der Waals surface area (Å²) in [5.41, 5.74) is 2.28. The minimum absolute atomic E-state index is 0.267. The zero-order chi connectivity index (χ0) is 24.9. The summed E-state index contributed by atoms with van der Waals surface area (Å²) in [7, 11) is 0. The molecule has 0 saturated heterocycles. The molecule has 8 nitrogen and oxygen atoms in total. The van der Waals surface area contributed by atoms with Crippen LogP contribution in [0.4, 0.5) is 5.69 Å². The van der Waals surface area contributed by atoms with E-state index in [0.29, 0.717) is 51.1 Å². The predicted octanol–water partition coefficient (Wildman–Crippen LogP) is 4.64. The molecule has 0 saturated carbocycles. The molecule has 0 fully saturated rings. The lowest BCUT2D eigenvalue weighted by molar-refractivity contribution is -0.118. The molecule has 0 bridgehead atoms. The second-order valence-electron chi connectivity index (χ2n) is 9.40. The highest BCUT2D eigenvalue weighted by molar-refractivity contribution is 5.95. The quantitative estimate of drug-likeness (QED) is 0.429. The molecule has 5 rings (SSSR count). The number of nitrogens with one attached hydrogen (secondary N) is 1. The highest BCUT2D eigenvalue weighted by Crippen LogP contribution is 2.43. The van der Waals surface area contributed by atoms with E-state index in [9.17, 15) is 14.4 Å². The first-order valence-corrected chi connectivity index (χ1v) is 11.4. The van der Waals surface area contributed by atoms with Gasteiger partial charge < -0.3 is 23.6 Å². The monoisotopic (exact) mass is 475 g/mol. The average molecular weight is 475 g/mol. The normalized spacial score (nSPS) is 14.4. The smallest absolute Gasteiger partial charge is 0.339 e. The van der Waals surface area contributed by atoms with Crippen LogP contribution < -0.4 is 26.0 Å². The van der Waals surface area contributed by atoms with E-state index in [1.165, 1.54) is 6.07 Å². The molecular weight excluding hydrogens is 450 g/mol. The SMILES string of the molecule is Cc1c(C)c2c(OCC(=O)Nc3ccc4oc(=O)ccc4c3)cc3c(c2oc1=O)CCC(C)(C)O3. The van der Waals surface area contributed by atoms with Crippen LogP contribution in [-0.4, -0.2) is 18.1 Å². The van der Waals surface area contributed by atoms with Crippen LogP contribution in [0.2, 0.25) is 0 Å². The number of anilines is 1. The molecule has 0 unspecified atom stereocenters. The Balaban J connectivity index is 1.45. The van der Waals surface area contributed by atoms with E-state index in [-0.39, 0.29) is 18.1 Å². The largest absolute Gasteiger partial charge is 0.487 e. The number of benzene rings is 2. The number of aryl methyl sites for hydroxylation is 2. The van der Waals surface area contributed by atoms with E-state index in [4.69, 9.17) is 18.3 Å². The van der Waals surface area contributed by atoms with Crippen LogP contribution in [0.1, 0.15) is 37.0 Å². The Morgan fingerprint density at radius 1 is 1.06 bits per heavy atom. The van der Waals surface area contributed by atoms with Gasteiger partial charge in [-0.15, -0.1) is 0 Å². The van der Waals surface area contributed by atoms with Crippen molar-refractivity contribution in [1.82, 2.24) is 0 Å². The maximum atomic E-state index is 12.7. The Kier molecular flexibility index (Phi) is 5.39. The van der Waals surface area contributed by atoms with E-state index in [1.54, 1.807) is 37.3 Å². The molecule has 2 aromatic heterocycles. The molecule has 1 aliphatic heterocycles. The van der Waals surface area contributed by atoms with Crippen molar-refractivity contribution in [2.24, 2.45) is 0 Å². The van der Waals surface area contributed by atoms with Gasteiger partial charge in [0.25, 0.3) is 5.91 Å². The molecule has 1 N–H and O–H groups in total. The van der Waals surface area contributed by atoms with E-state index in [0.717, 1.165) is 17.5 Å². The minimum Gasteiger partial charge on any atom is -0.487 e. The Bertz CT molecular complexity index is 1610. The lowest BCUT2D eigenvalue weighted by Crippen LogP contribution is -2.32. The van der Waals surface area contributed by atoms with Gasteiger partial charge in [-0.2, -0.15) is 0 Å². The fourth-order valence-electron chi connectivity index (χ4n) is 4.34. The topological polar surface area (TPSA) is 108 Å². The standard InChI is InChI=1S/C27H25NO7/c1-14-15(2)26(31)34-25-18-9-10-27(3,4)35-20(18)12-21(24(14)25)32-13-22(29)28-17-6-7-19-16(11-17)5-8-23(30)33-19/h5-8,11-12H,9-10,13H2,1-4H3,(H,28,29). The van der Waals surface area contributed by atoms with Gasteiger partial charge in [0.1, 0.15) is 28.3 Å². The summed E-state index contributed by atoms with van der Waals surface area (Å²) in [4.78, 5) is 36.5. The zero-order valence-electron chi connectivity index (χ0n) is 19.9. The number of fused-ring (bicyclic) bond motifs is 4. The maximum Gasteiger partial charge on any atom is 0.339 e. The molecule has 2 aromatic carbocycles. The number of hydrogen-bond acceptors (Lipinski definition) is 7. The second-order valence-corrected chi connectivity index (χ2v) is 9.40. The average Bonchev–Trinajstić information content (AvgIpc) is 2.80. The summed E-state index contributed by atoms with van der Waals surface area (Å²) < 4.78 is 22.9. The van der Waals surface area contributed by atoms with Crippen molar-refractivity contribution in [3.8, 4) is 11.5 Å². The molecule has 3 heterocycles. The summed E-state index contributed by atoms with van der Waals surface area (Å²) >= 11 is 0. The molecule has 1 aliphatic rings. The third kappa shape index (κ3) is 4.27. The Labute approximate surface area is 200 Å². The van der Waals surface area contributed by atoms with Crippen molar-refractivity contribution in [2.45, 2.75) is 46.1 Å². The molecule has 0 aliphatic carbocycles. The summed E-state index contributed by atoms with van der Waals surface area (Å²) in [5, 5.41) is 4.14. The first-order chi connectivity index (χ1) is 16.6. The molecule has 180 valence electrons. The van der Waals surface area contributed by atoms with E-state index < -0.39 is 11.3 Å². The van der Waals surface area contributed by atoms with Crippen LogP contribution in [0.3, 0.4) is 0 Å². The molecular formula is C27H25NO7. The number of carbonyl (C=O) groups is 1. The molecule has 0 atom stereocenters. The van der Waals surface area contributed by atoms with Gasteiger partial charge in [0.2, 0.25) is 0 Å². The Morgan fingerprint density at radius 2 is 1.86 bits per heavy atom. The highest BCUT2D eigenvalue weighted by atomic mass is 16.5. The van der Waals surface area contributed by atoms with E-state index in [2.05, 4.69) is 5.32 Å². The highest BCUT2D eigenvalue weighted by Gasteiger charge is 2.31. The first kappa shape index (κ1) is 22.7. The van der Waals surface area contributed by atoms with Gasteiger partial charge >= 0.3 is 11.3 Å². The van der Waals surface area contributed by atoms with Crippen molar-refractivity contribution < 1.29 is 23.1 Å². The van der Waals surface area contributed by atoms with Gasteiger partial charge in [0, 0.05) is 34.3 Å². The molecule has 0 radical (unpaired) electrons. The summed E-state index contributed by atoms with van der Waals surface area (Å²) in [6.07, 6.45) is 1.48. The molecule has 1 amide bonds. The van der Waals surface area contributed by atoms with Gasteiger partial charge in [0.15, 0.2) is 6.61 Å². The van der Waals surface area contributed by atoms with Gasteiger partial charge in [-0.1, -0.05) is 0 Å². The lowest BCUT2D eigenvalue weighted by atomic mass is 9.92. The van der Waals surface area contributed by atoms with Gasteiger partial charge in [-0.25, -0.2) is 9.59 Å². The lowest BCUT2D eigenvalue weighted by Gasteiger charge is -2.33. The number of ether oxygens (including phenoxy) is 2. The van der Waals surface area contributed by atoms with Crippen molar-refractivity contribution >= 4 is 33.5 Å². The number of carbonyl (C=O) groups excluding carboxylic acids is 1. The van der Waals surface area contributed by atoms with Crippen molar-refractivity contribution in [1.29, 1.82) is 0 Å². The first-order valence-electron chi connectivity index (χ1n) is 11.4. The fraction of sp³-hybridized carbons (Fsp3) is 0.296. The Hall–Kier alpha value is -4.07. The van der Waals surface area contributed by atoms with Crippen molar-refractivity contribution in [3.05, 3.63) is 73.9 Å².